The van der Waals surface area contributed by atoms with Crippen molar-refractivity contribution in [2.24, 2.45) is 0 Å². The van der Waals surface area contributed by atoms with E-state index in [1.807, 2.05) is 0 Å². The van der Waals surface area contributed by atoms with E-state index in [9.17, 15) is 22.0 Å². The first kappa shape index (κ1) is 10.9. The molecule has 5 heteroatoms. The average molecular weight is 210 g/mol. The van der Waals surface area contributed by atoms with Crippen molar-refractivity contribution in [1.82, 2.24) is 0 Å². The number of halogens is 5. The normalized spacial score (nSPS) is 11.9. The monoisotopic (exact) mass is 210 g/mol. The summed E-state index contributed by atoms with van der Waals surface area (Å²) in [7, 11) is 0. The van der Waals surface area contributed by atoms with Gasteiger partial charge in [-0.15, -0.1) is 0 Å². The molecule has 0 nitrogen and oxygen atoms in total. The Morgan fingerprint density at radius 2 is 1.50 bits per heavy atom. The molecule has 0 amide bonds. The third kappa shape index (κ3) is 2.68. The maximum atomic E-state index is 12.6. The summed E-state index contributed by atoms with van der Waals surface area (Å²) in [6.07, 6.45) is -0.818. The Balaban J connectivity index is 3.02. The van der Waals surface area contributed by atoms with Crippen LogP contribution in [0.4, 0.5) is 22.0 Å². The van der Waals surface area contributed by atoms with Gasteiger partial charge >= 0.3 is 0 Å². The van der Waals surface area contributed by atoms with Crippen LogP contribution in [0.3, 0.4) is 0 Å². The number of benzene rings is 1. The van der Waals surface area contributed by atoms with E-state index >= 15 is 0 Å². The van der Waals surface area contributed by atoms with Crippen LogP contribution in [-0.4, -0.2) is 5.92 Å². The van der Waals surface area contributed by atoms with Gasteiger partial charge in [0, 0.05) is 6.42 Å². The van der Waals surface area contributed by atoms with Crippen molar-refractivity contribution in [2.45, 2.75) is 19.3 Å². The fourth-order valence-corrected chi connectivity index (χ4v) is 1.07. The zero-order valence-corrected chi connectivity index (χ0v) is 7.25. The molecule has 1 aromatic rings. The molecule has 0 spiro atoms. The first-order chi connectivity index (χ1) is 6.29. The lowest BCUT2D eigenvalue weighted by molar-refractivity contribution is 0.0225. The molecule has 0 fully saturated rings. The second kappa shape index (κ2) is 3.55. The molecular weight excluding hydrogens is 203 g/mol. The summed E-state index contributed by atoms with van der Waals surface area (Å²) in [5.41, 5.74) is -0.270. The Bertz CT molecular complexity index is 317. The molecule has 0 aliphatic rings. The smallest absolute Gasteiger partial charge is 0.207 e. The van der Waals surface area contributed by atoms with E-state index in [1.165, 1.54) is 0 Å². The van der Waals surface area contributed by atoms with Crippen LogP contribution < -0.4 is 0 Å². The van der Waals surface area contributed by atoms with Gasteiger partial charge in [0.15, 0.2) is 17.5 Å². The summed E-state index contributed by atoms with van der Waals surface area (Å²) in [6.45, 7) is 0.617. The highest BCUT2D eigenvalue weighted by Crippen LogP contribution is 2.21. The molecule has 0 saturated carbocycles. The highest BCUT2D eigenvalue weighted by Gasteiger charge is 2.23. The highest BCUT2D eigenvalue weighted by atomic mass is 19.3. The van der Waals surface area contributed by atoms with E-state index < -0.39 is 29.8 Å². The molecule has 1 rings (SSSR count). The first-order valence-electron chi connectivity index (χ1n) is 3.81. The van der Waals surface area contributed by atoms with Crippen LogP contribution in [0.1, 0.15) is 12.5 Å². The zero-order valence-electron chi connectivity index (χ0n) is 7.25. The molecule has 78 valence electrons. The summed E-state index contributed by atoms with van der Waals surface area (Å²) >= 11 is 0. The van der Waals surface area contributed by atoms with Crippen LogP contribution in [0.25, 0.3) is 0 Å². The molecular formula is C9H7F5. The van der Waals surface area contributed by atoms with Gasteiger partial charge in [0.25, 0.3) is 0 Å². The predicted molar refractivity (Wildman–Crippen MR) is 40.6 cm³/mol. The van der Waals surface area contributed by atoms with Gasteiger partial charge in [-0.3, -0.25) is 0 Å². The lowest BCUT2D eigenvalue weighted by atomic mass is 10.1. The molecule has 0 saturated heterocycles. The number of hydrogen-bond donors (Lipinski definition) is 0. The summed E-state index contributed by atoms with van der Waals surface area (Å²) in [5, 5.41) is 0. The summed E-state index contributed by atoms with van der Waals surface area (Å²) < 4.78 is 62.4. The van der Waals surface area contributed by atoms with Crippen molar-refractivity contribution in [3.05, 3.63) is 35.1 Å². The van der Waals surface area contributed by atoms with E-state index in [1.54, 1.807) is 0 Å². The Morgan fingerprint density at radius 1 is 1.07 bits per heavy atom. The molecule has 0 aliphatic carbocycles. The van der Waals surface area contributed by atoms with Crippen molar-refractivity contribution in [3.8, 4) is 0 Å². The molecule has 0 unspecified atom stereocenters. The maximum Gasteiger partial charge on any atom is 0.249 e. The summed E-state index contributed by atoms with van der Waals surface area (Å²) in [6, 6.07) is 1.13. The standard InChI is InChI=1S/C9H7F5/c1-9(13,14)4-5-2-6(10)8(12)7(11)3-5/h2-3H,4H2,1H3. The van der Waals surface area contributed by atoms with Gasteiger partial charge < -0.3 is 0 Å². The Labute approximate surface area is 77.4 Å². The molecule has 1 aromatic carbocycles. The van der Waals surface area contributed by atoms with Crippen LogP contribution in [0, 0.1) is 17.5 Å². The number of rotatable bonds is 2. The first-order valence-corrected chi connectivity index (χ1v) is 3.81. The Hall–Kier alpha value is -1.13. The van der Waals surface area contributed by atoms with E-state index in [-0.39, 0.29) is 5.56 Å². The van der Waals surface area contributed by atoms with Crippen LogP contribution >= 0.6 is 0 Å². The average Bonchev–Trinajstić information content (AvgIpc) is 1.96. The predicted octanol–water partition coefficient (Wildman–Crippen LogP) is 3.30. The van der Waals surface area contributed by atoms with E-state index in [0.717, 1.165) is 0 Å². The molecule has 0 radical (unpaired) electrons. The van der Waals surface area contributed by atoms with Gasteiger partial charge in [-0.1, -0.05) is 0 Å². The molecule has 0 aromatic heterocycles. The minimum atomic E-state index is -3.07. The van der Waals surface area contributed by atoms with Crippen molar-refractivity contribution in [1.29, 1.82) is 0 Å². The fraction of sp³-hybridized carbons (Fsp3) is 0.333. The van der Waals surface area contributed by atoms with E-state index in [0.29, 0.717) is 19.1 Å². The molecule has 14 heavy (non-hydrogen) atoms. The van der Waals surface area contributed by atoms with Gasteiger partial charge in [0.2, 0.25) is 5.92 Å². The molecule has 0 aliphatic heterocycles. The maximum absolute atomic E-state index is 12.6. The van der Waals surface area contributed by atoms with Gasteiger partial charge in [-0.05, 0) is 24.6 Å². The number of alkyl halides is 2. The second-order valence-electron chi connectivity index (χ2n) is 3.12. The van der Waals surface area contributed by atoms with Gasteiger partial charge in [-0.25, -0.2) is 22.0 Å². The van der Waals surface area contributed by atoms with E-state index in [2.05, 4.69) is 0 Å². The SMILES string of the molecule is CC(F)(F)Cc1cc(F)c(F)c(F)c1. The molecule has 0 N–H and O–H groups in total. The number of hydrogen-bond acceptors (Lipinski definition) is 0. The van der Waals surface area contributed by atoms with Crippen LogP contribution in [0.5, 0.6) is 0 Å². The zero-order chi connectivity index (χ0) is 10.9. The third-order valence-electron chi connectivity index (χ3n) is 1.56. The third-order valence-corrected chi connectivity index (χ3v) is 1.56. The van der Waals surface area contributed by atoms with Crippen LogP contribution in [0.15, 0.2) is 12.1 Å². The van der Waals surface area contributed by atoms with Gasteiger partial charge in [0.05, 0.1) is 0 Å². The van der Waals surface area contributed by atoms with Crippen molar-refractivity contribution in [2.75, 3.05) is 0 Å². The van der Waals surface area contributed by atoms with Gasteiger partial charge in [0.1, 0.15) is 0 Å². The highest BCUT2D eigenvalue weighted by molar-refractivity contribution is 5.20. The quantitative estimate of drug-likeness (QED) is 0.519. The minimum absolute atomic E-state index is 0.270. The topological polar surface area (TPSA) is 0 Å². The minimum Gasteiger partial charge on any atom is -0.207 e. The lowest BCUT2D eigenvalue weighted by Crippen LogP contribution is -2.14. The van der Waals surface area contributed by atoms with Gasteiger partial charge in [-0.2, -0.15) is 0 Å². The Morgan fingerprint density at radius 3 is 1.86 bits per heavy atom. The molecule has 0 heterocycles. The fourth-order valence-electron chi connectivity index (χ4n) is 1.07. The van der Waals surface area contributed by atoms with Crippen LogP contribution in [-0.2, 0) is 6.42 Å². The van der Waals surface area contributed by atoms with Crippen molar-refractivity contribution < 1.29 is 22.0 Å². The Kier molecular flexibility index (Phi) is 2.78. The van der Waals surface area contributed by atoms with Crippen molar-refractivity contribution >= 4 is 0 Å². The molecule has 0 bridgehead atoms. The summed E-state index contributed by atoms with van der Waals surface area (Å²) in [4.78, 5) is 0. The second-order valence-corrected chi connectivity index (χ2v) is 3.12. The van der Waals surface area contributed by atoms with E-state index in [4.69, 9.17) is 0 Å². The summed E-state index contributed by atoms with van der Waals surface area (Å²) in [5.74, 6) is -7.63. The largest absolute Gasteiger partial charge is 0.249 e. The lowest BCUT2D eigenvalue weighted by Gasteiger charge is -2.10. The van der Waals surface area contributed by atoms with Crippen molar-refractivity contribution in [3.63, 3.8) is 0 Å². The molecule has 0 atom stereocenters. The van der Waals surface area contributed by atoms with Crippen LogP contribution in [0.2, 0.25) is 0 Å².